The molecule has 0 aliphatic carbocycles. The van der Waals surface area contributed by atoms with Crippen molar-refractivity contribution in [3.63, 3.8) is 0 Å². The monoisotopic (exact) mass is 251 g/mol. The van der Waals surface area contributed by atoms with E-state index in [1.54, 1.807) is 0 Å². The zero-order chi connectivity index (χ0) is 12.9. The summed E-state index contributed by atoms with van der Waals surface area (Å²) in [5, 5.41) is 8.76. The molecule has 0 aromatic rings. The fourth-order valence-electron chi connectivity index (χ4n) is 1.34. The van der Waals surface area contributed by atoms with E-state index in [4.69, 9.17) is 5.11 Å². The molecule has 96 valence electrons. The molecule has 0 spiro atoms. The highest BCUT2D eigenvalue weighted by Gasteiger charge is 2.29. The molecular formula is C10H21NO4S. The van der Waals surface area contributed by atoms with Gasteiger partial charge in [-0.1, -0.05) is 26.7 Å². The molecule has 0 bridgehead atoms. The molecule has 0 amide bonds. The predicted molar refractivity (Wildman–Crippen MR) is 62.7 cm³/mol. The summed E-state index contributed by atoms with van der Waals surface area (Å²) in [6.07, 6.45) is 1.57. The molecule has 0 aliphatic heterocycles. The summed E-state index contributed by atoms with van der Waals surface area (Å²) in [6.45, 7) is 5.24. The lowest BCUT2D eigenvalue weighted by atomic mass is 10.1. The average molecular weight is 251 g/mol. The summed E-state index contributed by atoms with van der Waals surface area (Å²) in [5.74, 6) is -1.02. The molecule has 0 aliphatic rings. The van der Waals surface area contributed by atoms with E-state index in [1.165, 1.54) is 14.0 Å². The number of nitrogens with zero attached hydrogens (tertiary/aromatic N) is 1. The van der Waals surface area contributed by atoms with Gasteiger partial charge in [-0.3, -0.25) is 4.79 Å². The number of hydrogen-bond donors (Lipinski definition) is 1. The molecule has 0 radical (unpaired) electrons. The standard InChI is InChI=1S/C10H21NO4S/c1-5-9(6-2)7-16(14,15)11(4)8(3)10(12)13/h8-9H,5-7H2,1-4H3,(H,12,13). The Hall–Kier alpha value is -0.620. The third kappa shape index (κ3) is 4.09. The number of carboxylic acid groups (broad SMARTS) is 1. The molecule has 16 heavy (non-hydrogen) atoms. The molecule has 1 unspecified atom stereocenters. The first-order valence-corrected chi connectivity index (χ1v) is 7.05. The Morgan fingerprint density at radius 3 is 2.06 bits per heavy atom. The van der Waals surface area contributed by atoms with Crippen molar-refractivity contribution in [1.29, 1.82) is 0 Å². The van der Waals surface area contributed by atoms with Crippen molar-refractivity contribution in [2.75, 3.05) is 12.8 Å². The van der Waals surface area contributed by atoms with E-state index in [0.29, 0.717) is 0 Å². The van der Waals surface area contributed by atoms with Crippen molar-refractivity contribution in [3.8, 4) is 0 Å². The van der Waals surface area contributed by atoms with Crippen LogP contribution in [-0.2, 0) is 14.8 Å². The van der Waals surface area contributed by atoms with Crippen LogP contribution in [0.4, 0.5) is 0 Å². The molecule has 0 saturated heterocycles. The van der Waals surface area contributed by atoms with E-state index in [9.17, 15) is 13.2 Å². The summed E-state index contributed by atoms with van der Waals surface area (Å²) in [7, 11) is -2.16. The van der Waals surface area contributed by atoms with Gasteiger partial charge in [0.25, 0.3) is 0 Å². The number of aliphatic carboxylic acids is 1. The van der Waals surface area contributed by atoms with Crippen LogP contribution in [0, 0.1) is 5.92 Å². The van der Waals surface area contributed by atoms with Gasteiger partial charge in [0.2, 0.25) is 10.0 Å². The Bertz CT molecular complexity index is 322. The summed E-state index contributed by atoms with van der Waals surface area (Å²) >= 11 is 0. The Labute approximate surface area is 97.5 Å². The minimum absolute atomic E-state index is 0.0219. The largest absolute Gasteiger partial charge is 0.480 e. The minimum Gasteiger partial charge on any atom is -0.480 e. The third-order valence-electron chi connectivity index (χ3n) is 2.94. The third-order valence-corrected chi connectivity index (χ3v) is 5.03. The lowest BCUT2D eigenvalue weighted by Gasteiger charge is -2.23. The van der Waals surface area contributed by atoms with Crippen LogP contribution < -0.4 is 0 Å². The van der Waals surface area contributed by atoms with Crippen molar-refractivity contribution in [2.45, 2.75) is 39.7 Å². The predicted octanol–water partition coefficient (Wildman–Crippen LogP) is 1.16. The molecule has 6 heteroatoms. The second-order valence-corrected chi connectivity index (χ2v) is 6.06. The number of rotatable bonds is 7. The zero-order valence-electron chi connectivity index (χ0n) is 10.3. The van der Waals surface area contributed by atoms with Crippen LogP contribution in [0.2, 0.25) is 0 Å². The Morgan fingerprint density at radius 1 is 1.31 bits per heavy atom. The summed E-state index contributed by atoms with van der Waals surface area (Å²) in [6, 6.07) is -1.01. The highest BCUT2D eigenvalue weighted by molar-refractivity contribution is 7.89. The van der Waals surface area contributed by atoms with Crippen molar-refractivity contribution >= 4 is 16.0 Å². The molecule has 0 saturated carbocycles. The van der Waals surface area contributed by atoms with Crippen LogP contribution >= 0.6 is 0 Å². The summed E-state index contributed by atoms with van der Waals surface area (Å²) < 4.78 is 24.7. The number of likely N-dealkylation sites (N-methyl/N-ethyl adjacent to an activating group) is 1. The maximum Gasteiger partial charge on any atom is 0.321 e. The van der Waals surface area contributed by atoms with Crippen molar-refractivity contribution in [3.05, 3.63) is 0 Å². The Kier molecular flexibility index (Phi) is 5.96. The van der Waals surface area contributed by atoms with E-state index >= 15 is 0 Å². The van der Waals surface area contributed by atoms with Gasteiger partial charge in [-0.2, -0.15) is 4.31 Å². The smallest absolute Gasteiger partial charge is 0.321 e. The molecule has 0 fully saturated rings. The Balaban J connectivity index is 4.72. The van der Waals surface area contributed by atoms with Gasteiger partial charge in [-0.25, -0.2) is 8.42 Å². The highest BCUT2D eigenvalue weighted by Crippen LogP contribution is 2.14. The molecule has 0 aromatic heterocycles. The summed E-state index contributed by atoms with van der Waals surface area (Å²) in [5.41, 5.74) is 0. The van der Waals surface area contributed by atoms with Crippen molar-refractivity contribution in [2.24, 2.45) is 5.92 Å². The first-order chi connectivity index (χ1) is 7.26. The second kappa shape index (κ2) is 6.20. The molecule has 0 aromatic carbocycles. The quantitative estimate of drug-likeness (QED) is 0.736. The molecule has 1 N–H and O–H groups in total. The van der Waals surface area contributed by atoms with E-state index in [1.807, 2.05) is 13.8 Å². The van der Waals surface area contributed by atoms with Gasteiger partial charge in [0, 0.05) is 7.05 Å². The fourth-order valence-corrected chi connectivity index (χ4v) is 3.21. The van der Waals surface area contributed by atoms with Gasteiger partial charge >= 0.3 is 5.97 Å². The van der Waals surface area contributed by atoms with E-state index in [-0.39, 0.29) is 11.7 Å². The van der Waals surface area contributed by atoms with Crippen LogP contribution in [-0.4, -0.2) is 42.6 Å². The van der Waals surface area contributed by atoms with Crippen LogP contribution in [0.3, 0.4) is 0 Å². The fraction of sp³-hybridized carbons (Fsp3) is 0.900. The average Bonchev–Trinajstić information content (AvgIpc) is 2.23. The van der Waals surface area contributed by atoms with Gasteiger partial charge in [-0.15, -0.1) is 0 Å². The van der Waals surface area contributed by atoms with Gasteiger partial charge in [-0.05, 0) is 12.8 Å². The lowest BCUT2D eigenvalue weighted by molar-refractivity contribution is -0.140. The van der Waals surface area contributed by atoms with Crippen LogP contribution in [0.15, 0.2) is 0 Å². The van der Waals surface area contributed by atoms with Crippen LogP contribution in [0.5, 0.6) is 0 Å². The van der Waals surface area contributed by atoms with Gasteiger partial charge in [0.15, 0.2) is 0 Å². The van der Waals surface area contributed by atoms with E-state index in [0.717, 1.165) is 17.1 Å². The number of carboxylic acids is 1. The van der Waals surface area contributed by atoms with Crippen LogP contribution in [0.1, 0.15) is 33.6 Å². The highest BCUT2D eigenvalue weighted by atomic mass is 32.2. The molecule has 5 nitrogen and oxygen atoms in total. The number of sulfonamides is 1. The summed E-state index contributed by atoms with van der Waals surface area (Å²) in [4.78, 5) is 10.7. The first kappa shape index (κ1) is 15.4. The minimum atomic E-state index is -3.48. The molecule has 0 heterocycles. The van der Waals surface area contributed by atoms with E-state index < -0.39 is 22.0 Å². The topological polar surface area (TPSA) is 74.7 Å². The number of hydrogen-bond acceptors (Lipinski definition) is 3. The maximum atomic E-state index is 11.9. The molecule has 0 rings (SSSR count). The Morgan fingerprint density at radius 2 is 1.75 bits per heavy atom. The zero-order valence-corrected chi connectivity index (χ0v) is 11.1. The molecular weight excluding hydrogens is 230 g/mol. The van der Waals surface area contributed by atoms with Gasteiger partial charge in [0.1, 0.15) is 6.04 Å². The maximum absolute atomic E-state index is 11.9. The van der Waals surface area contributed by atoms with Gasteiger partial charge in [0.05, 0.1) is 5.75 Å². The van der Waals surface area contributed by atoms with Gasteiger partial charge < -0.3 is 5.11 Å². The van der Waals surface area contributed by atoms with Crippen molar-refractivity contribution in [1.82, 2.24) is 4.31 Å². The van der Waals surface area contributed by atoms with Crippen LogP contribution in [0.25, 0.3) is 0 Å². The lowest BCUT2D eigenvalue weighted by Crippen LogP contribution is -2.42. The van der Waals surface area contributed by atoms with Crippen molar-refractivity contribution < 1.29 is 18.3 Å². The SMILES string of the molecule is CCC(CC)CS(=O)(=O)N(C)C(C)C(=O)O. The number of carbonyl (C=O) groups is 1. The molecule has 1 atom stereocenters. The normalized spacial score (nSPS) is 14.4. The van der Waals surface area contributed by atoms with E-state index in [2.05, 4.69) is 0 Å². The second-order valence-electron chi connectivity index (χ2n) is 3.99. The first-order valence-electron chi connectivity index (χ1n) is 5.44.